The van der Waals surface area contributed by atoms with Gasteiger partial charge in [-0.25, -0.2) is 4.79 Å². The molecule has 0 spiro atoms. The van der Waals surface area contributed by atoms with E-state index in [9.17, 15) is 4.79 Å². The highest BCUT2D eigenvalue weighted by atomic mass is 16.6. The van der Waals surface area contributed by atoms with Crippen LogP contribution >= 0.6 is 0 Å². The molecule has 3 rings (SSSR count). The van der Waals surface area contributed by atoms with Crippen molar-refractivity contribution in [3.8, 4) is 5.75 Å². The molecule has 24 heavy (non-hydrogen) atoms. The topological polar surface area (TPSA) is 38.8 Å². The first-order valence-electron chi connectivity index (χ1n) is 8.95. The van der Waals surface area contributed by atoms with Crippen LogP contribution in [0.3, 0.4) is 0 Å². The summed E-state index contributed by atoms with van der Waals surface area (Å²) in [6.07, 6.45) is 3.93. The molecule has 0 unspecified atom stereocenters. The minimum Gasteiger partial charge on any atom is -0.496 e. The van der Waals surface area contributed by atoms with Crippen LogP contribution in [0.25, 0.3) is 0 Å². The molecular formula is C20H29NO3. The Hall–Kier alpha value is -1.71. The van der Waals surface area contributed by atoms with Crippen LogP contribution in [0.5, 0.6) is 5.75 Å². The molecular weight excluding hydrogens is 302 g/mol. The summed E-state index contributed by atoms with van der Waals surface area (Å²) in [4.78, 5) is 14.6. The van der Waals surface area contributed by atoms with Crippen molar-refractivity contribution in [1.29, 1.82) is 0 Å². The van der Waals surface area contributed by atoms with Gasteiger partial charge in [-0.1, -0.05) is 12.1 Å². The molecule has 1 heterocycles. The maximum atomic E-state index is 12.6. The lowest BCUT2D eigenvalue weighted by Gasteiger charge is -2.45. The first kappa shape index (κ1) is 17.1. The highest BCUT2D eigenvalue weighted by Gasteiger charge is 2.40. The predicted molar refractivity (Wildman–Crippen MR) is 94.6 cm³/mol. The zero-order valence-corrected chi connectivity index (χ0v) is 15.5. The molecule has 2 aliphatic rings. The largest absolute Gasteiger partial charge is 0.496 e. The summed E-state index contributed by atoms with van der Waals surface area (Å²) in [6.45, 7) is 8.68. The number of rotatable bonds is 1. The number of fused-ring (bicyclic) bond motifs is 2. The van der Waals surface area contributed by atoms with E-state index in [0.717, 1.165) is 31.6 Å². The average Bonchev–Trinajstić information content (AvgIpc) is 2.51. The molecule has 0 aromatic heterocycles. The number of aryl methyl sites for hydroxylation is 1. The number of carbonyl (C=O) groups is 1. The van der Waals surface area contributed by atoms with Crippen LogP contribution in [-0.2, 0) is 17.6 Å². The maximum absolute atomic E-state index is 12.6. The van der Waals surface area contributed by atoms with Gasteiger partial charge >= 0.3 is 6.09 Å². The second kappa shape index (κ2) is 6.30. The number of piperidine rings is 1. The van der Waals surface area contributed by atoms with Gasteiger partial charge in [0.1, 0.15) is 11.4 Å². The SMILES string of the molecule is COc1c(C)ccc2c1C[C@H]1CCCN(C(=O)OC(C)(C)C)[C@@H]1C2. The van der Waals surface area contributed by atoms with Crippen LogP contribution < -0.4 is 4.74 Å². The maximum Gasteiger partial charge on any atom is 0.410 e. The first-order chi connectivity index (χ1) is 11.3. The van der Waals surface area contributed by atoms with E-state index >= 15 is 0 Å². The fourth-order valence-electron chi connectivity index (χ4n) is 4.17. The van der Waals surface area contributed by atoms with Gasteiger partial charge in [0.25, 0.3) is 0 Å². The van der Waals surface area contributed by atoms with Crippen LogP contribution in [0.15, 0.2) is 12.1 Å². The molecule has 1 aromatic carbocycles. The van der Waals surface area contributed by atoms with E-state index in [1.807, 2.05) is 25.7 Å². The Morgan fingerprint density at radius 2 is 2.00 bits per heavy atom. The van der Waals surface area contributed by atoms with Crippen molar-refractivity contribution < 1.29 is 14.3 Å². The van der Waals surface area contributed by atoms with E-state index < -0.39 is 5.60 Å². The fourth-order valence-corrected chi connectivity index (χ4v) is 4.17. The summed E-state index contributed by atoms with van der Waals surface area (Å²) < 4.78 is 11.3. The zero-order valence-electron chi connectivity index (χ0n) is 15.5. The summed E-state index contributed by atoms with van der Waals surface area (Å²) in [5, 5.41) is 0. The van der Waals surface area contributed by atoms with Gasteiger partial charge in [0.05, 0.1) is 7.11 Å². The smallest absolute Gasteiger partial charge is 0.410 e. The molecule has 2 atom stereocenters. The van der Waals surface area contributed by atoms with E-state index in [4.69, 9.17) is 9.47 Å². The van der Waals surface area contributed by atoms with Crippen LogP contribution in [-0.4, -0.2) is 36.3 Å². The van der Waals surface area contributed by atoms with Gasteiger partial charge in [0.2, 0.25) is 0 Å². The second-order valence-electron chi connectivity index (χ2n) is 8.11. The molecule has 0 radical (unpaired) electrons. The van der Waals surface area contributed by atoms with E-state index in [0.29, 0.717) is 5.92 Å². The molecule has 1 fully saturated rings. The third-order valence-corrected chi connectivity index (χ3v) is 5.20. The van der Waals surface area contributed by atoms with Gasteiger partial charge in [0.15, 0.2) is 0 Å². The highest BCUT2D eigenvalue weighted by Crippen LogP contribution is 2.40. The number of nitrogens with zero attached hydrogens (tertiary/aromatic N) is 1. The Labute approximate surface area is 145 Å². The van der Waals surface area contributed by atoms with Crippen molar-refractivity contribution in [1.82, 2.24) is 4.90 Å². The van der Waals surface area contributed by atoms with Crippen molar-refractivity contribution >= 4 is 6.09 Å². The lowest BCUT2D eigenvalue weighted by molar-refractivity contribution is -0.00143. The van der Waals surface area contributed by atoms with Gasteiger partial charge in [0, 0.05) is 12.6 Å². The normalized spacial score (nSPS) is 23.3. The van der Waals surface area contributed by atoms with Crippen LogP contribution in [0.2, 0.25) is 0 Å². The monoisotopic (exact) mass is 331 g/mol. The second-order valence-corrected chi connectivity index (χ2v) is 8.11. The number of carbonyl (C=O) groups excluding carboxylic acids is 1. The number of likely N-dealkylation sites (tertiary alicyclic amines) is 1. The Balaban J connectivity index is 1.87. The summed E-state index contributed by atoms with van der Waals surface area (Å²) in [6, 6.07) is 4.57. The molecule has 0 N–H and O–H groups in total. The summed E-state index contributed by atoms with van der Waals surface area (Å²) >= 11 is 0. The number of methoxy groups -OCH3 is 1. The first-order valence-corrected chi connectivity index (χ1v) is 8.95. The highest BCUT2D eigenvalue weighted by molar-refractivity contribution is 5.69. The molecule has 4 heteroatoms. The van der Waals surface area contributed by atoms with E-state index in [1.165, 1.54) is 23.1 Å². The van der Waals surface area contributed by atoms with Gasteiger partial charge < -0.3 is 14.4 Å². The number of hydrogen-bond donors (Lipinski definition) is 0. The predicted octanol–water partition coefficient (Wildman–Crippen LogP) is 4.12. The summed E-state index contributed by atoms with van der Waals surface area (Å²) in [5.74, 6) is 1.52. The fraction of sp³-hybridized carbons (Fsp3) is 0.650. The van der Waals surface area contributed by atoms with Gasteiger partial charge in [-0.05, 0) is 76.0 Å². The Bertz CT molecular complexity index is 633. The number of ether oxygens (including phenoxy) is 2. The van der Waals surface area contributed by atoms with Crippen molar-refractivity contribution in [3.05, 3.63) is 28.8 Å². The zero-order chi connectivity index (χ0) is 17.5. The third-order valence-electron chi connectivity index (χ3n) is 5.20. The van der Waals surface area contributed by atoms with Crippen molar-refractivity contribution in [2.45, 2.75) is 65.0 Å². The quantitative estimate of drug-likeness (QED) is 0.777. The number of benzene rings is 1. The summed E-state index contributed by atoms with van der Waals surface area (Å²) in [5.41, 5.74) is 3.39. The molecule has 1 saturated heterocycles. The molecule has 0 bridgehead atoms. The number of hydrogen-bond acceptors (Lipinski definition) is 3. The Morgan fingerprint density at radius 1 is 1.25 bits per heavy atom. The van der Waals surface area contributed by atoms with Crippen LogP contribution in [0.4, 0.5) is 4.79 Å². The molecule has 0 saturated carbocycles. The Morgan fingerprint density at radius 3 is 2.67 bits per heavy atom. The number of amides is 1. The van der Waals surface area contributed by atoms with Gasteiger partial charge in [-0.2, -0.15) is 0 Å². The van der Waals surface area contributed by atoms with Crippen molar-refractivity contribution in [2.24, 2.45) is 5.92 Å². The lowest BCUT2D eigenvalue weighted by atomic mass is 9.74. The molecule has 132 valence electrons. The minimum absolute atomic E-state index is 0.167. The van der Waals surface area contributed by atoms with Crippen molar-refractivity contribution in [3.63, 3.8) is 0 Å². The molecule has 1 aromatic rings. The van der Waals surface area contributed by atoms with E-state index in [1.54, 1.807) is 7.11 Å². The average molecular weight is 331 g/mol. The van der Waals surface area contributed by atoms with E-state index in [-0.39, 0.29) is 12.1 Å². The molecule has 1 aliphatic heterocycles. The van der Waals surface area contributed by atoms with Crippen LogP contribution in [0.1, 0.15) is 50.3 Å². The van der Waals surface area contributed by atoms with E-state index in [2.05, 4.69) is 19.1 Å². The molecule has 1 amide bonds. The Kier molecular flexibility index (Phi) is 4.50. The molecule has 4 nitrogen and oxygen atoms in total. The lowest BCUT2D eigenvalue weighted by Crippen LogP contribution is -2.53. The van der Waals surface area contributed by atoms with Crippen LogP contribution in [0, 0.1) is 12.8 Å². The third kappa shape index (κ3) is 3.24. The van der Waals surface area contributed by atoms with Crippen molar-refractivity contribution in [2.75, 3.05) is 13.7 Å². The van der Waals surface area contributed by atoms with Gasteiger partial charge in [-0.3, -0.25) is 0 Å². The minimum atomic E-state index is -0.447. The standard InChI is InChI=1S/C20H29NO3/c1-13-8-9-14-12-17-15(11-16(14)18(13)23-5)7-6-10-21(17)19(22)24-20(2,3)4/h8-9,15,17H,6-7,10-12H2,1-5H3/t15-,17-/m1/s1. The summed E-state index contributed by atoms with van der Waals surface area (Å²) in [7, 11) is 1.75. The van der Waals surface area contributed by atoms with Gasteiger partial charge in [-0.15, -0.1) is 0 Å². The molecule has 1 aliphatic carbocycles.